The highest BCUT2D eigenvalue weighted by atomic mass is 16.2. The fourth-order valence-electron chi connectivity index (χ4n) is 6.44. The van der Waals surface area contributed by atoms with E-state index in [2.05, 4.69) is 97.9 Å². The summed E-state index contributed by atoms with van der Waals surface area (Å²) >= 11 is 0. The molecule has 0 aromatic heterocycles. The first kappa shape index (κ1) is 27.6. The molecular weight excluding hydrogens is 508 g/mol. The van der Waals surface area contributed by atoms with Gasteiger partial charge in [-0.3, -0.25) is 14.5 Å². The molecule has 5 aromatic carbocycles. The van der Waals surface area contributed by atoms with Gasteiger partial charge in [0.15, 0.2) is 0 Å². The fourth-order valence-corrected chi connectivity index (χ4v) is 6.44. The maximum atomic E-state index is 14.0. The molecule has 1 aliphatic heterocycles. The predicted molar refractivity (Wildman–Crippen MR) is 170 cm³/mol. The van der Waals surface area contributed by atoms with Crippen LogP contribution < -0.4 is 0 Å². The highest BCUT2D eigenvalue weighted by Crippen LogP contribution is 2.43. The van der Waals surface area contributed by atoms with Crippen molar-refractivity contribution in [1.29, 1.82) is 0 Å². The summed E-state index contributed by atoms with van der Waals surface area (Å²) in [7, 11) is 15.6. The molecule has 1 heterocycles. The Hall–Kier alpha value is -3.58. The first-order valence-corrected chi connectivity index (χ1v) is 14.7. The Morgan fingerprint density at radius 1 is 0.512 bits per heavy atom. The van der Waals surface area contributed by atoms with Crippen LogP contribution in [0.3, 0.4) is 0 Å². The van der Waals surface area contributed by atoms with Crippen molar-refractivity contribution in [2.24, 2.45) is 0 Å². The van der Waals surface area contributed by atoms with E-state index in [0.717, 1.165) is 67.7 Å². The number of carbonyl (C=O) groups is 2. The van der Waals surface area contributed by atoms with Crippen molar-refractivity contribution in [2.45, 2.75) is 0 Å². The molecule has 0 saturated heterocycles. The van der Waals surface area contributed by atoms with E-state index in [4.69, 9.17) is 0 Å². The number of hydrogen-bond donors (Lipinski definition) is 0. The Bertz CT molecular complexity index is 1710. The lowest BCUT2D eigenvalue weighted by atomic mass is 9.85. The van der Waals surface area contributed by atoms with Gasteiger partial charge >= 0.3 is 0 Å². The van der Waals surface area contributed by atoms with E-state index in [1.54, 1.807) is 0 Å². The van der Waals surface area contributed by atoms with Crippen LogP contribution in [-0.4, -0.2) is 119 Å². The monoisotopic (exact) mass is 551 g/mol. The number of nitrogens with zero attached hydrogens (tertiary/aromatic N) is 4. The van der Waals surface area contributed by atoms with Crippen LogP contribution in [0, 0.1) is 0 Å². The zero-order valence-electron chi connectivity index (χ0n) is 25.6. The molecule has 0 unspecified atom stereocenters. The molecule has 6 heteroatoms. The smallest absolute Gasteiger partial charge is 0.261 e. The second kappa shape index (κ2) is 9.48. The van der Waals surface area contributed by atoms with Crippen LogP contribution in [0.25, 0.3) is 43.1 Å². The Balaban J connectivity index is 1.39. The number of benzene rings is 5. The summed E-state index contributed by atoms with van der Waals surface area (Å²) in [5.74, 6) is -0.346. The standard InChI is InChI=1S/C35H43N4O2/c1-37(2,3)20-22-39(7,23-21-38(4,5)6)19-18-36-34(40)29-16-14-27-25-12-8-10-24-11-9-13-26(31(24)25)28-15-17-30(35(36)41)33(29)32(27)28/h8-17H,18-23H2,1-7H3/q+3. The molecule has 2 amide bonds. The summed E-state index contributed by atoms with van der Waals surface area (Å²) in [4.78, 5) is 29.5. The van der Waals surface area contributed by atoms with Crippen molar-refractivity contribution in [3.63, 3.8) is 0 Å². The largest absolute Gasteiger partial charge is 0.326 e. The maximum Gasteiger partial charge on any atom is 0.261 e. The van der Waals surface area contributed by atoms with Crippen LogP contribution in [0.1, 0.15) is 20.7 Å². The van der Waals surface area contributed by atoms with Crippen molar-refractivity contribution in [2.75, 3.05) is 88.6 Å². The zero-order chi connectivity index (χ0) is 29.3. The lowest BCUT2D eigenvalue weighted by Crippen LogP contribution is -2.58. The van der Waals surface area contributed by atoms with E-state index in [9.17, 15) is 9.59 Å². The average Bonchev–Trinajstić information content (AvgIpc) is 2.92. The number of fused-ring (bicyclic) bond motifs is 2. The number of hydrogen-bond acceptors (Lipinski definition) is 2. The number of carbonyl (C=O) groups excluding carboxylic acids is 2. The molecule has 5 aromatic rings. The van der Waals surface area contributed by atoms with Crippen LogP contribution in [0.2, 0.25) is 0 Å². The van der Waals surface area contributed by atoms with Crippen LogP contribution in [-0.2, 0) is 0 Å². The van der Waals surface area contributed by atoms with E-state index in [0.29, 0.717) is 17.7 Å². The van der Waals surface area contributed by atoms with Gasteiger partial charge in [-0.05, 0) is 49.8 Å². The van der Waals surface area contributed by atoms with Gasteiger partial charge in [0, 0.05) is 16.5 Å². The molecule has 0 fully saturated rings. The summed E-state index contributed by atoms with van der Waals surface area (Å²) in [5.41, 5.74) is 1.28. The van der Waals surface area contributed by atoms with Gasteiger partial charge in [0.25, 0.3) is 11.8 Å². The first-order valence-electron chi connectivity index (χ1n) is 14.7. The third kappa shape index (κ3) is 4.84. The highest BCUT2D eigenvalue weighted by Gasteiger charge is 2.36. The molecule has 0 radical (unpaired) electrons. The van der Waals surface area contributed by atoms with Crippen LogP contribution in [0.4, 0.5) is 0 Å². The topological polar surface area (TPSA) is 37.4 Å². The molecule has 0 bridgehead atoms. The first-order chi connectivity index (χ1) is 19.3. The second-order valence-corrected chi connectivity index (χ2v) is 14.4. The molecule has 212 valence electrons. The van der Waals surface area contributed by atoms with Crippen LogP contribution in [0.5, 0.6) is 0 Å². The minimum Gasteiger partial charge on any atom is -0.326 e. The number of quaternary nitrogens is 3. The molecule has 0 aliphatic carbocycles. The third-order valence-electron chi connectivity index (χ3n) is 9.08. The van der Waals surface area contributed by atoms with E-state index >= 15 is 0 Å². The minimum atomic E-state index is -0.173. The van der Waals surface area contributed by atoms with Crippen molar-refractivity contribution < 1.29 is 23.0 Å². The Morgan fingerprint density at radius 2 is 0.976 bits per heavy atom. The quantitative estimate of drug-likeness (QED) is 0.109. The van der Waals surface area contributed by atoms with Crippen molar-refractivity contribution in [1.82, 2.24) is 4.90 Å². The summed E-state index contributed by atoms with van der Waals surface area (Å²) < 4.78 is 2.59. The SMILES string of the molecule is C[N+](C)(C)CC[N+](C)(CCN1C(=O)c2ccc3c4cccc5cccc(c6ccc(c2c36)C1=O)c54)CC[N+](C)(C)C. The predicted octanol–water partition coefficient (Wildman–Crippen LogP) is 5.19. The summed E-state index contributed by atoms with van der Waals surface area (Å²) in [5, 5.41) is 8.81. The second-order valence-electron chi connectivity index (χ2n) is 14.4. The van der Waals surface area contributed by atoms with E-state index < -0.39 is 0 Å². The van der Waals surface area contributed by atoms with Gasteiger partial charge in [0.1, 0.15) is 26.2 Å². The van der Waals surface area contributed by atoms with Gasteiger partial charge in [-0.2, -0.15) is 0 Å². The van der Waals surface area contributed by atoms with Gasteiger partial charge in [0.2, 0.25) is 0 Å². The number of imide groups is 1. The van der Waals surface area contributed by atoms with E-state index in [-0.39, 0.29) is 11.8 Å². The van der Waals surface area contributed by atoms with E-state index in [1.165, 1.54) is 26.4 Å². The molecule has 1 aliphatic rings. The molecule has 0 N–H and O–H groups in total. The summed E-state index contributed by atoms with van der Waals surface area (Å²) in [6, 6.07) is 20.9. The molecule has 0 atom stereocenters. The minimum absolute atomic E-state index is 0.173. The van der Waals surface area contributed by atoms with Crippen LogP contribution in [0.15, 0.2) is 60.7 Å². The van der Waals surface area contributed by atoms with Crippen molar-refractivity contribution in [3.05, 3.63) is 71.8 Å². The van der Waals surface area contributed by atoms with E-state index in [1.807, 2.05) is 12.1 Å². The molecule has 6 nitrogen and oxygen atoms in total. The number of likely N-dealkylation sites (N-methyl/N-ethyl adjacent to an activating group) is 3. The molecule has 41 heavy (non-hydrogen) atoms. The van der Waals surface area contributed by atoms with Crippen LogP contribution >= 0.6 is 0 Å². The zero-order valence-corrected chi connectivity index (χ0v) is 25.6. The Morgan fingerprint density at radius 3 is 1.44 bits per heavy atom. The Labute approximate surface area is 243 Å². The normalized spacial score (nSPS) is 14.9. The van der Waals surface area contributed by atoms with Gasteiger partial charge in [0.05, 0.1) is 62.4 Å². The van der Waals surface area contributed by atoms with Crippen molar-refractivity contribution in [3.8, 4) is 0 Å². The average molecular weight is 552 g/mol. The third-order valence-corrected chi connectivity index (χ3v) is 9.08. The maximum absolute atomic E-state index is 14.0. The lowest BCUT2D eigenvalue weighted by molar-refractivity contribution is -0.969. The highest BCUT2D eigenvalue weighted by molar-refractivity contribution is 6.38. The Kier molecular flexibility index (Phi) is 6.38. The lowest BCUT2D eigenvalue weighted by Gasteiger charge is -2.40. The van der Waals surface area contributed by atoms with Gasteiger partial charge in [-0.15, -0.1) is 0 Å². The molecule has 6 rings (SSSR count). The summed E-state index contributed by atoms with van der Waals surface area (Å²) in [6.45, 7) is 5.18. The number of rotatable bonds is 9. The molecular formula is C35H43N4O2+3. The van der Waals surface area contributed by atoms with Crippen molar-refractivity contribution >= 4 is 54.9 Å². The number of amides is 2. The molecule has 0 saturated carbocycles. The summed E-state index contributed by atoms with van der Waals surface area (Å²) in [6.07, 6.45) is 0. The van der Waals surface area contributed by atoms with Gasteiger partial charge in [-0.1, -0.05) is 48.5 Å². The molecule has 0 spiro atoms. The van der Waals surface area contributed by atoms with Gasteiger partial charge < -0.3 is 13.4 Å². The fraction of sp³-hybridized carbons (Fsp3) is 0.371. The van der Waals surface area contributed by atoms with Gasteiger partial charge in [-0.25, -0.2) is 0 Å².